The number of amides is 2. The van der Waals surface area contributed by atoms with Gasteiger partial charge in [-0.05, 0) is 120 Å². The van der Waals surface area contributed by atoms with Crippen molar-refractivity contribution in [3.05, 3.63) is 35.4 Å². The van der Waals surface area contributed by atoms with E-state index in [4.69, 9.17) is 14.9 Å². The van der Waals surface area contributed by atoms with Crippen LogP contribution < -0.4 is 5.73 Å². The van der Waals surface area contributed by atoms with E-state index in [1.54, 1.807) is 6.07 Å². The van der Waals surface area contributed by atoms with E-state index in [1.807, 2.05) is 37.8 Å². The van der Waals surface area contributed by atoms with E-state index < -0.39 is 13.9 Å². The highest BCUT2D eigenvalue weighted by Crippen LogP contribution is 2.43. The van der Waals surface area contributed by atoms with Gasteiger partial charge in [0.25, 0.3) is 0 Å². The number of nitrogens with zero attached hydrogens (tertiary/aromatic N) is 2. The second-order valence-corrected chi connectivity index (χ2v) is 20.5. The highest BCUT2D eigenvalue weighted by Gasteiger charge is 2.42. The molecule has 1 saturated carbocycles. The third-order valence-electron chi connectivity index (χ3n) is 10.3. The summed E-state index contributed by atoms with van der Waals surface area (Å²) in [4.78, 5) is 29.8. The van der Waals surface area contributed by atoms with Gasteiger partial charge in [0.15, 0.2) is 8.32 Å². The molecule has 2 heterocycles. The van der Waals surface area contributed by atoms with Gasteiger partial charge in [0, 0.05) is 43.4 Å². The molecule has 2 N–H and O–H groups in total. The van der Waals surface area contributed by atoms with Crippen LogP contribution in [0.5, 0.6) is 0 Å². The quantitative estimate of drug-likeness (QED) is 0.301. The predicted octanol–water partition coefficient (Wildman–Crippen LogP) is 7.31. The molecule has 3 fully saturated rings. The number of carbonyl (C=O) groups is 2. The average Bonchev–Trinajstić information content (AvgIpc) is 3.12. The van der Waals surface area contributed by atoms with Crippen LogP contribution in [-0.2, 0) is 9.16 Å². The summed E-state index contributed by atoms with van der Waals surface area (Å²) in [6, 6.07) is 8.90. The molecule has 2 amide bonds. The molecule has 2 bridgehead atoms. The van der Waals surface area contributed by atoms with Crippen LogP contribution in [0, 0.1) is 5.92 Å². The second kappa shape index (κ2) is 13.0. The summed E-state index contributed by atoms with van der Waals surface area (Å²) in [5.74, 6) is 0.566. The summed E-state index contributed by atoms with van der Waals surface area (Å²) >= 11 is 0. The minimum atomic E-state index is -1.78. The number of rotatable bonds is 9. The first-order chi connectivity index (χ1) is 19.5. The normalized spacial score (nSPS) is 27.1. The highest BCUT2D eigenvalue weighted by molar-refractivity contribution is 6.74. The first-order valence-electron chi connectivity index (χ1n) is 16.3. The lowest BCUT2D eigenvalue weighted by Gasteiger charge is -2.42. The van der Waals surface area contributed by atoms with Crippen molar-refractivity contribution in [1.82, 2.24) is 9.80 Å². The van der Waals surface area contributed by atoms with Gasteiger partial charge in [-0.3, -0.25) is 9.69 Å². The van der Waals surface area contributed by atoms with Crippen LogP contribution in [0.15, 0.2) is 24.3 Å². The van der Waals surface area contributed by atoms with Crippen LogP contribution in [0.3, 0.4) is 0 Å². The number of primary amides is 1. The molecular formula is C34H57N3O4Si. The number of ether oxygens (including phenoxy) is 1. The van der Waals surface area contributed by atoms with Crippen molar-refractivity contribution in [2.75, 3.05) is 19.6 Å². The molecule has 1 aromatic rings. The van der Waals surface area contributed by atoms with E-state index in [2.05, 4.69) is 44.8 Å². The number of fused-ring (bicyclic) bond motifs is 2. The van der Waals surface area contributed by atoms with Crippen molar-refractivity contribution in [2.45, 2.75) is 141 Å². The van der Waals surface area contributed by atoms with Crippen molar-refractivity contribution < 1.29 is 18.8 Å². The summed E-state index contributed by atoms with van der Waals surface area (Å²) in [6.07, 6.45) is 9.07. The molecule has 2 unspecified atom stereocenters. The summed E-state index contributed by atoms with van der Waals surface area (Å²) < 4.78 is 12.6. The van der Waals surface area contributed by atoms with Crippen molar-refractivity contribution in [3.63, 3.8) is 0 Å². The fraction of sp³-hybridized carbons (Fsp3) is 0.765. The molecule has 0 radical (unpaired) electrons. The summed E-state index contributed by atoms with van der Waals surface area (Å²) in [5, 5.41) is 0.221. The minimum absolute atomic E-state index is 0.187. The van der Waals surface area contributed by atoms with Gasteiger partial charge in [-0.1, -0.05) is 32.9 Å². The average molecular weight is 600 g/mol. The molecule has 2 saturated heterocycles. The summed E-state index contributed by atoms with van der Waals surface area (Å²) in [6.45, 7) is 19.8. The van der Waals surface area contributed by atoms with E-state index in [1.165, 1.54) is 18.4 Å². The Balaban J connectivity index is 1.35. The first kappa shape index (κ1) is 33.0. The molecule has 0 aromatic heterocycles. The molecule has 236 valence electrons. The molecule has 2 atom stereocenters. The molecule has 42 heavy (non-hydrogen) atoms. The third kappa shape index (κ3) is 8.38. The zero-order valence-electron chi connectivity index (χ0n) is 27.6. The van der Waals surface area contributed by atoms with Gasteiger partial charge in [0.1, 0.15) is 5.60 Å². The molecule has 4 rings (SSSR count). The van der Waals surface area contributed by atoms with Gasteiger partial charge < -0.3 is 19.8 Å². The maximum Gasteiger partial charge on any atom is 0.410 e. The predicted molar refractivity (Wildman–Crippen MR) is 172 cm³/mol. The van der Waals surface area contributed by atoms with Crippen LogP contribution in [0.4, 0.5) is 4.79 Å². The van der Waals surface area contributed by atoms with E-state index in [0.717, 1.165) is 51.6 Å². The number of hydrogen-bond acceptors (Lipinski definition) is 5. The smallest absolute Gasteiger partial charge is 0.410 e. The van der Waals surface area contributed by atoms with Crippen LogP contribution in [0.1, 0.15) is 115 Å². The van der Waals surface area contributed by atoms with Crippen molar-refractivity contribution in [3.8, 4) is 0 Å². The third-order valence-corrected chi connectivity index (χ3v) is 14.9. The number of benzene rings is 1. The molecule has 1 aromatic carbocycles. The molecule has 8 heteroatoms. The molecule has 3 aliphatic rings. The first-order valence-corrected chi connectivity index (χ1v) is 19.2. The van der Waals surface area contributed by atoms with Gasteiger partial charge in [-0.25, -0.2) is 4.79 Å². The number of hydrogen-bond donors (Lipinski definition) is 1. The van der Waals surface area contributed by atoms with E-state index in [-0.39, 0.29) is 17.0 Å². The Morgan fingerprint density at radius 3 is 2.14 bits per heavy atom. The van der Waals surface area contributed by atoms with Gasteiger partial charge >= 0.3 is 6.09 Å². The Morgan fingerprint density at radius 2 is 1.60 bits per heavy atom. The van der Waals surface area contributed by atoms with Crippen LogP contribution in [0.2, 0.25) is 18.1 Å². The molecule has 0 spiro atoms. The van der Waals surface area contributed by atoms with E-state index >= 15 is 0 Å². The zero-order valence-corrected chi connectivity index (χ0v) is 28.6. The summed E-state index contributed by atoms with van der Waals surface area (Å²) in [5.41, 5.74) is 6.86. The highest BCUT2D eigenvalue weighted by atomic mass is 28.4. The van der Waals surface area contributed by atoms with E-state index in [0.29, 0.717) is 42.1 Å². The zero-order chi connectivity index (χ0) is 30.9. The lowest BCUT2D eigenvalue weighted by atomic mass is 9.84. The Hall–Kier alpha value is -1.90. The minimum Gasteiger partial charge on any atom is -0.444 e. The van der Waals surface area contributed by atoms with Crippen LogP contribution in [-0.4, -0.2) is 73.5 Å². The summed E-state index contributed by atoms with van der Waals surface area (Å²) in [7, 11) is -1.78. The molecular weight excluding hydrogens is 542 g/mol. The monoisotopic (exact) mass is 599 g/mol. The van der Waals surface area contributed by atoms with Crippen molar-refractivity contribution >= 4 is 20.3 Å². The van der Waals surface area contributed by atoms with Gasteiger partial charge in [0.05, 0.1) is 0 Å². The van der Waals surface area contributed by atoms with E-state index in [9.17, 15) is 9.59 Å². The fourth-order valence-corrected chi connectivity index (χ4v) is 8.44. The van der Waals surface area contributed by atoms with Crippen molar-refractivity contribution in [1.29, 1.82) is 0 Å². The van der Waals surface area contributed by atoms with Crippen molar-refractivity contribution in [2.24, 2.45) is 11.7 Å². The SMILES string of the molecule is CC(C)(C)OC(=O)N(CCN1C2CCC1CC(c1cccc(C(N)=O)c1)C2)C[C@H]1CC[C@H](O[Si](C)(C)C(C)(C)C)CC1. The fourth-order valence-electron chi connectivity index (χ4n) is 7.01. The lowest BCUT2D eigenvalue weighted by Crippen LogP contribution is -2.49. The largest absolute Gasteiger partial charge is 0.444 e. The Bertz CT molecular complexity index is 1070. The topological polar surface area (TPSA) is 85.1 Å². The number of nitrogens with two attached hydrogens (primary N) is 1. The standard InChI is InChI=1S/C34H57N3O4Si/c1-33(2,3)40-32(39)36(23-24-12-16-30(17-13-24)41-42(7,8)34(4,5)6)18-19-37-28-14-15-29(37)22-27(21-28)25-10-9-11-26(20-25)31(35)38/h9-11,20,24,27-30H,12-19,21-23H2,1-8H3,(H2,35,38)/t24-,27?,28?,29?,30-. The number of carbonyl (C=O) groups excluding carboxylic acids is 2. The number of piperidine rings is 1. The van der Waals surface area contributed by atoms with Gasteiger partial charge in [-0.15, -0.1) is 0 Å². The lowest BCUT2D eigenvalue weighted by molar-refractivity contribution is 0.0139. The second-order valence-electron chi connectivity index (χ2n) is 15.7. The van der Waals surface area contributed by atoms with Gasteiger partial charge in [-0.2, -0.15) is 0 Å². The van der Waals surface area contributed by atoms with Crippen LogP contribution >= 0.6 is 0 Å². The Kier molecular flexibility index (Phi) is 10.2. The maximum atomic E-state index is 13.4. The Labute approximate surface area is 256 Å². The maximum absolute atomic E-state index is 13.4. The van der Waals surface area contributed by atoms with Crippen LogP contribution in [0.25, 0.3) is 0 Å². The molecule has 1 aliphatic carbocycles. The Morgan fingerprint density at radius 1 is 0.976 bits per heavy atom. The molecule has 2 aliphatic heterocycles. The van der Waals surface area contributed by atoms with Gasteiger partial charge in [0.2, 0.25) is 5.91 Å². The molecule has 7 nitrogen and oxygen atoms in total.